The van der Waals surface area contributed by atoms with E-state index in [2.05, 4.69) is 20.3 Å². The molecule has 0 bridgehead atoms. The van der Waals surface area contributed by atoms with Gasteiger partial charge in [-0.05, 0) is 25.5 Å². The smallest absolute Gasteiger partial charge is 0.259 e. The topological polar surface area (TPSA) is 92.5 Å². The minimum absolute atomic E-state index is 0.0637. The van der Waals surface area contributed by atoms with Crippen molar-refractivity contribution < 1.29 is 9.59 Å². The molecule has 3 aromatic heterocycles. The lowest BCUT2D eigenvalue weighted by molar-refractivity contribution is -0.129. The molecule has 0 radical (unpaired) electrons. The normalized spacial score (nSPS) is 15.9. The van der Waals surface area contributed by atoms with Gasteiger partial charge in [-0.1, -0.05) is 18.2 Å². The average molecular weight is 447 g/mol. The third-order valence-corrected chi connectivity index (χ3v) is 6.43. The van der Waals surface area contributed by atoms with Crippen LogP contribution in [0.2, 0.25) is 0 Å². The Morgan fingerprint density at radius 1 is 1.22 bits per heavy atom. The van der Waals surface area contributed by atoms with Gasteiger partial charge in [0.25, 0.3) is 5.91 Å². The summed E-state index contributed by atoms with van der Waals surface area (Å²) in [5, 5.41) is 4.83. The minimum atomic E-state index is -0.233. The van der Waals surface area contributed by atoms with E-state index >= 15 is 0 Å². The lowest BCUT2D eigenvalue weighted by Gasteiger charge is -2.16. The quantitative estimate of drug-likeness (QED) is 0.508. The Hall–Kier alpha value is -3.59. The molecular weight excluding hydrogens is 424 g/mol. The van der Waals surface area contributed by atoms with Crippen LogP contribution in [0.4, 0.5) is 5.69 Å². The van der Waals surface area contributed by atoms with Crippen LogP contribution in [0.1, 0.15) is 39.9 Å². The second kappa shape index (κ2) is 8.51. The van der Waals surface area contributed by atoms with E-state index in [0.29, 0.717) is 36.6 Å². The van der Waals surface area contributed by atoms with Crippen molar-refractivity contribution in [1.82, 2.24) is 24.3 Å². The Labute approximate surface area is 189 Å². The molecule has 1 saturated heterocycles. The third kappa shape index (κ3) is 4.11. The van der Waals surface area contributed by atoms with Gasteiger partial charge in [-0.25, -0.2) is 15.0 Å². The van der Waals surface area contributed by atoms with Crippen LogP contribution in [-0.2, 0) is 11.2 Å². The largest absolute Gasteiger partial charge is 0.342 e. The van der Waals surface area contributed by atoms with Gasteiger partial charge >= 0.3 is 0 Å². The van der Waals surface area contributed by atoms with Crippen LogP contribution < -0.4 is 5.32 Å². The van der Waals surface area contributed by atoms with E-state index in [1.54, 1.807) is 17.5 Å². The van der Waals surface area contributed by atoms with Gasteiger partial charge in [0, 0.05) is 48.7 Å². The van der Waals surface area contributed by atoms with Crippen molar-refractivity contribution in [3.8, 4) is 0 Å². The molecule has 1 N–H and O–H groups in total. The summed E-state index contributed by atoms with van der Waals surface area (Å²) in [6.45, 7) is 3.06. The van der Waals surface area contributed by atoms with Gasteiger partial charge in [-0.2, -0.15) is 0 Å². The number of aryl methyl sites for hydroxylation is 1. The number of likely N-dealkylation sites (tertiary alicyclic amines) is 1. The summed E-state index contributed by atoms with van der Waals surface area (Å²) in [7, 11) is 0. The number of aromatic nitrogens is 4. The van der Waals surface area contributed by atoms with Crippen LogP contribution in [-0.4, -0.2) is 49.2 Å². The molecule has 32 heavy (non-hydrogen) atoms. The molecule has 0 saturated carbocycles. The van der Waals surface area contributed by atoms with Crippen molar-refractivity contribution >= 4 is 33.8 Å². The second-order valence-corrected chi connectivity index (χ2v) is 8.75. The maximum absolute atomic E-state index is 12.8. The van der Waals surface area contributed by atoms with Gasteiger partial charge < -0.3 is 10.2 Å². The average Bonchev–Trinajstić information content (AvgIpc) is 3.51. The number of hydrogen-bond acceptors (Lipinski definition) is 6. The monoisotopic (exact) mass is 446 g/mol. The van der Waals surface area contributed by atoms with Crippen LogP contribution in [0.25, 0.3) is 4.96 Å². The predicted molar refractivity (Wildman–Crippen MR) is 122 cm³/mol. The molecular formula is C23H22N6O2S. The zero-order valence-corrected chi connectivity index (χ0v) is 18.4. The number of anilines is 1. The highest BCUT2D eigenvalue weighted by atomic mass is 32.1. The maximum atomic E-state index is 12.8. The summed E-state index contributed by atoms with van der Waals surface area (Å²) in [5.74, 6) is 0.572. The van der Waals surface area contributed by atoms with Crippen molar-refractivity contribution in [3.63, 3.8) is 0 Å². The summed E-state index contributed by atoms with van der Waals surface area (Å²) in [4.78, 5) is 41.6. The minimum Gasteiger partial charge on any atom is -0.342 e. The van der Waals surface area contributed by atoms with Crippen LogP contribution in [0.3, 0.4) is 0 Å². The predicted octanol–water partition coefficient (Wildman–Crippen LogP) is 3.31. The zero-order valence-electron chi connectivity index (χ0n) is 17.6. The highest BCUT2D eigenvalue weighted by Crippen LogP contribution is 2.26. The van der Waals surface area contributed by atoms with E-state index in [1.165, 1.54) is 0 Å². The SMILES string of the molecule is Cc1nc(C2CCN(C(=O)Cc3cn4ccsc4n3)C2)ncc1C(=O)Nc1ccccc1. The van der Waals surface area contributed by atoms with Crippen LogP contribution >= 0.6 is 11.3 Å². The summed E-state index contributed by atoms with van der Waals surface area (Å²) in [5.41, 5.74) is 2.59. The number of carbonyl (C=O) groups excluding carboxylic acids is 2. The van der Waals surface area contributed by atoms with Crippen LogP contribution in [0.5, 0.6) is 0 Å². The fraction of sp³-hybridized carbons (Fsp3) is 0.261. The number of imidazole rings is 1. The number of nitrogens with zero attached hydrogens (tertiary/aromatic N) is 5. The molecule has 0 aliphatic carbocycles. The molecule has 2 amide bonds. The number of rotatable bonds is 5. The van der Waals surface area contributed by atoms with Gasteiger partial charge in [0.1, 0.15) is 5.82 Å². The third-order valence-electron chi connectivity index (χ3n) is 5.66. The molecule has 1 atom stereocenters. The van der Waals surface area contributed by atoms with Gasteiger partial charge in [0.2, 0.25) is 5.91 Å². The van der Waals surface area contributed by atoms with E-state index in [1.807, 2.05) is 64.3 Å². The molecule has 9 heteroatoms. The number of hydrogen-bond donors (Lipinski definition) is 1. The summed E-state index contributed by atoms with van der Waals surface area (Å²) >= 11 is 1.55. The maximum Gasteiger partial charge on any atom is 0.259 e. The van der Waals surface area contributed by atoms with Gasteiger partial charge in [0.15, 0.2) is 4.96 Å². The van der Waals surface area contributed by atoms with Crippen molar-refractivity contribution in [3.05, 3.63) is 77.1 Å². The van der Waals surface area contributed by atoms with E-state index < -0.39 is 0 Å². The first-order valence-corrected chi connectivity index (χ1v) is 11.3. The van der Waals surface area contributed by atoms with Crippen molar-refractivity contribution in [2.24, 2.45) is 0 Å². The number of fused-ring (bicyclic) bond motifs is 1. The first-order valence-electron chi connectivity index (χ1n) is 10.5. The molecule has 1 aliphatic rings. The molecule has 4 aromatic rings. The fourth-order valence-electron chi connectivity index (χ4n) is 3.95. The molecule has 1 unspecified atom stereocenters. The lowest BCUT2D eigenvalue weighted by Crippen LogP contribution is -2.30. The number of carbonyl (C=O) groups is 2. The van der Waals surface area contributed by atoms with Crippen LogP contribution in [0, 0.1) is 6.92 Å². The molecule has 162 valence electrons. The molecule has 0 spiro atoms. The highest BCUT2D eigenvalue weighted by molar-refractivity contribution is 7.15. The number of amides is 2. The van der Waals surface area contributed by atoms with E-state index in [4.69, 9.17) is 0 Å². The second-order valence-electron chi connectivity index (χ2n) is 7.87. The van der Waals surface area contributed by atoms with Gasteiger partial charge in [-0.15, -0.1) is 11.3 Å². The Kier molecular flexibility index (Phi) is 5.40. The Morgan fingerprint density at radius 3 is 2.84 bits per heavy atom. The van der Waals surface area contributed by atoms with Gasteiger partial charge in [0.05, 0.1) is 23.4 Å². The number of benzene rings is 1. The van der Waals surface area contributed by atoms with Crippen molar-refractivity contribution in [2.45, 2.75) is 25.7 Å². The van der Waals surface area contributed by atoms with Crippen LogP contribution in [0.15, 0.2) is 54.3 Å². The first kappa shape index (κ1) is 20.3. The summed E-state index contributed by atoms with van der Waals surface area (Å²) in [6.07, 6.45) is 6.52. The number of thiazole rings is 1. The van der Waals surface area contributed by atoms with E-state index in [9.17, 15) is 9.59 Å². The highest BCUT2D eigenvalue weighted by Gasteiger charge is 2.30. The molecule has 1 aromatic carbocycles. The Bertz CT molecular complexity index is 1250. The lowest BCUT2D eigenvalue weighted by atomic mass is 10.1. The molecule has 4 heterocycles. The molecule has 1 fully saturated rings. The first-order chi connectivity index (χ1) is 15.6. The van der Waals surface area contributed by atoms with E-state index in [-0.39, 0.29) is 17.7 Å². The summed E-state index contributed by atoms with van der Waals surface area (Å²) < 4.78 is 1.94. The molecule has 1 aliphatic heterocycles. The fourth-order valence-corrected chi connectivity index (χ4v) is 4.67. The summed E-state index contributed by atoms with van der Waals surface area (Å²) in [6, 6.07) is 9.29. The Balaban J connectivity index is 1.22. The zero-order chi connectivity index (χ0) is 22.1. The molecule has 5 rings (SSSR count). The standard InChI is InChI=1S/C23H22N6O2S/c1-15-19(22(31)26-17-5-3-2-4-6-17)12-24-21(25-15)16-7-8-28(13-16)20(30)11-18-14-29-9-10-32-23(29)27-18/h2-6,9-10,12,14,16H,7-8,11,13H2,1H3,(H,26,31). The van der Waals surface area contributed by atoms with E-state index in [0.717, 1.165) is 22.8 Å². The van der Waals surface area contributed by atoms with Gasteiger partial charge in [-0.3, -0.25) is 14.0 Å². The molecule has 8 nitrogen and oxygen atoms in total. The number of para-hydroxylation sites is 1. The van der Waals surface area contributed by atoms with Crippen molar-refractivity contribution in [2.75, 3.05) is 18.4 Å². The number of nitrogens with one attached hydrogen (secondary N) is 1. The van der Waals surface area contributed by atoms with Crippen molar-refractivity contribution in [1.29, 1.82) is 0 Å². The Morgan fingerprint density at radius 2 is 2.06 bits per heavy atom.